The predicted molar refractivity (Wildman–Crippen MR) is 139 cm³/mol. The van der Waals surface area contributed by atoms with Crippen LogP contribution >= 0.6 is 27.3 Å². The molecule has 0 unspecified atom stereocenters. The zero-order valence-corrected chi connectivity index (χ0v) is 23.3. The van der Waals surface area contributed by atoms with Gasteiger partial charge in [0.15, 0.2) is 12.3 Å². The van der Waals surface area contributed by atoms with Crippen molar-refractivity contribution in [2.24, 2.45) is 0 Å². The molecule has 0 saturated heterocycles. The molecule has 1 N–H and O–H groups in total. The van der Waals surface area contributed by atoms with Crippen LogP contribution in [-0.4, -0.2) is 45.3 Å². The second kappa shape index (κ2) is 10.6. The quantitative estimate of drug-likeness (QED) is 0.280. The third kappa shape index (κ3) is 6.84. The lowest BCUT2D eigenvalue weighted by Gasteiger charge is -2.18. The molecule has 15 heteroatoms. The van der Waals surface area contributed by atoms with E-state index in [1.54, 1.807) is 15.5 Å². The number of nitrogens with zero attached hydrogens (tertiary/aromatic N) is 2. The molecule has 198 valence electrons. The highest BCUT2D eigenvalue weighted by molar-refractivity contribution is 9.10. The topological polar surface area (TPSA) is 137 Å². The Morgan fingerprint density at radius 2 is 1.97 bits per heavy atom. The van der Waals surface area contributed by atoms with Gasteiger partial charge in [-0.3, -0.25) is 9.52 Å². The van der Waals surface area contributed by atoms with Gasteiger partial charge in [-0.15, -0.1) is 0 Å². The van der Waals surface area contributed by atoms with Crippen LogP contribution in [-0.2, 0) is 31.5 Å². The summed E-state index contributed by atoms with van der Waals surface area (Å²) in [6.07, 6.45) is 1.63. The van der Waals surface area contributed by atoms with Crippen LogP contribution in [0.4, 0.5) is 10.1 Å². The van der Waals surface area contributed by atoms with Gasteiger partial charge in [-0.05, 0) is 30.7 Å². The van der Waals surface area contributed by atoms with Crippen molar-refractivity contribution in [1.29, 1.82) is 0 Å². The molecule has 1 aromatic heterocycles. The van der Waals surface area contributed by atoms with Gasteiger partial charge in [0, 0.05) is 35.8 Å². The molecule has 0 saturated carbocycles. The molecule has 0 atom stereocenters. The maximum Gasteiger partial charge on any atom is 0.268 e. The van der Waals surface area contributed by atoms with E-state index in [0.29, 0.717) is 16.4 Å². The fraction of sp³-hybridized carbons (Fsp3) is 0.273. The van der Waals surface area contributed by atoms with E-state index in [1.165, 1.54) is 29.5 Å². The minimum atomic E-state index is -4.44. The van der Waals surface area contributed by atoms with Crippen LogP contribution < -0.4 is 18.9 Å². The number of hydrogen-bond donors (Lipinski definition) is 1. The normalized spacial score (nSPS) is 14.7. The van der Waals surface area contributed by atoms with Crippen LogP contribution in [0.2, 0.25) is 0 Å². The Hall–Kier alpha value is -2.59. The van der Waals surface area contributed by atoms with Crippen molar-refractivity contribution >= 4 is 75.3 Å². The van der Waals surface area contributed by atoms with E-state index in [-0.39, 0.29) is 31.1 Å². The smallest absolute Gasteiger partial charge is 0.268 e. The minimum Gasteiger partial charge on any atom is -0.748 e. The Balaban J connectivity index is 1.74. The standard InChI is InChI=1S/C22H21BrFN3O7S3/c1-14(28)25-36(29,30)10-8-27-18-11-15(23)3-6-20(18)35-22(27)13-21-26(7-2-9-37(31,32)33)17-12-16(24)4-5-19(17)34-21/h3-6,11-13H,2,7-10H2,1H3,(H-,25,28,31,32,33). The first-order valence-electron chi connectivity index (χ1n) is 10.8. The molecule has 0 spiro atoms. The SMILES string of the molecule is CC(=O)NS(=O)(=O)CC[n+]1c(C=C2Oc3ccc(F)cc3N2CCCS(=O)(=O)[O-])sc2ccc(Br)cc21. The van der Waals surface area contributed by atoms with E-state index in [4.69, 9.17) is 4.74 Å². The first kappa shape index (κ1) is 27.4. The van der Waals surface area contributed by atoms with E-state index in [0.717, 1.165) is 21.6 Å². The molecular formula is C22H21BrFN3O7S3. The van der Waals surface area contributed by atoms with Gasteiger partial charge in [0.2, 0.25) is 27.3 Å². The van der Waals surface area contributed by atoms with E-state index >= 15 is 0 Å². The lowest BCUT2D eigenvalue weighted by Crippen LogP contribution is -2.42. The van der Waals surface area contributed by atoms with Gasteiger partial charge in [0.1, 0.15) is 16.3 Å². The number of hydrogen-bond acceptors (Lipinski definition) is 9. The van der Waals surface area contributed by atoms with Crippen molar-refractivity contribution in [1.82, 2.24) is 4.72 Å². The fourth-order valence-electron chi connectivity index (χ4n) is 3.81. The maximum atomic E-state index is 14.0. The number of anilines is 1. The lowest BCUT2D eigenvalue weighted by atomic mass is 10.2. The van der Waals surface area contributed by atoms with Gasteiger partial charge in [-0.25, -0.2) is 21.2 Å². The maximum absolute atomic E-state index is 14.0. The van der Waals surface area contributed by atoms with Gasteiger partial charge >= 0.3 is 0 Å². The number of aryl methyl sites for hydroxylation is 1. The van der Waals surface area contributed by atoms with E-state index < -0.39 is 37.6 Å². The van der Waals surface area contributed by atoms with Gasteiger partial charge in [-0.1, -0.05) is 27.3 Å². The van der Waals surface area contributed by atoms with Crippen LogP contribution in [0.3, 0.4) is 0 Å². The Kier molecular flexibility index (Phi) is 7.90. The highest BCUT2D eigenvalue weighted by Crippen LogP contribution is 2.40. The second-order valence-corrected chi connectivity index (χ2v) is 13.5. The summed E-state index contributed by atoms with van der Waals surface area (Å²) in [6.45, 7) is 1.19. The summed E-state index contributed by atoms with van der Waals surface area (Å²) in [7, 11) is -8.32. The summed E-state index contributed by atoms with van der Waals surface area (Å²) in [6, 6.07) is 9.45. The summed E-state index contributed by atoms with van der Waals surface area (Å²) in [5.74, 6) is -1.57. The van der Waals surface area contributed by atoms with Crippen molar-refractivity contribution in [3.8, 4) is 5.75 Å². The van der Waals surface area contributed by atoms with Crippen LogP contribution in [0.25, 0.3) is 16.3 Å². The molecule has 0 aliphatic carbocycles. The third-order valence-electron chi connectivity index (χ3n) is 5.29. The summed E-state index contributed by atoms with van der Waals surface area (Å²) < 4.78 is 83.2. The number of aromatic nitrogens is 1. The molecular weight excluding hydrogens is 613 g/mol. The van der Waals surface area contributed by atoms with E-state index in [1.807, 2.05) is 22.9 Å². The van der Waals surface area contributed by atoms with Gasteiger partial charge in [0.25, 0.3) is 5.01 Å². The van der Waals surface area contributed by atoms with Gasteiger partial charge in [-0.2, -0.15) is 4.57 Å². The number of carbonyl (C=O) groups excluding carboxylic acids is 1. The zero-order chi connectivity index (χ0) is 27.0. The summed E-state index contributed by atoms with van der Waals surface area (Å²) in [5.41, 5.74) is 1.10. The highest BCUT2D eigenvalue weighted by Gasteiger charge is 2.30. The number of sulfonamides is 1. The third-order valence-corrected chi connectivity index (χ3v) is 9.00. The molecule has 2 heterocycles. The molecule has 0 radical (unpaired) electrons. The van der Waals surface area contributed by atoms with Crippen molar-refractivity contribution in [2.75, 3.05) is 23.0 Å². The van der Waals surface area contributed by atoms with Crippen molar-refractivity contribution in [3.63, 3.8) is 0 Å². The van der Waals surface area contributed by atoms with Crippen LogP contribution in [0.5, 0.6) is 5.75 Å². The molecule has 0 fully saturated rings. The van der Waals surface area contributed by atoms with E-state index in [9.17, 15) is 30.6 Å². The number of nitrogens with one attached hydrogen (secondary N) is 1. The van der Waals surface area contributed by atoms with E-state index in [2.05, 4.69) is 15.9 Å². The molecule has 2 aromatic carbocycles. The highest BCUT2D eigenvalue weighted by atomic mass is 79.9. The molecule has 3 aromatic rings. The monoisotopic (exact) mass is 633 g/mol. The summed E-state index contributed by atoms with van der Waals surface area (Å²) in [5, 5.41) is 0.593. The largest absolute Gasteiger partial charge is 0.748 e. The Morgan fingerprint density at radius 1 is 1.22 bits per heavy atom. The molecule has 1 aliphatic heterocycles. The average molecular weight is 635 g/mol. The van der Waals surface area contributed by atoms with Crippen LogP contribution in [0.1, 0.15) is 18.4 Å². The summed E-state index contributed by atoms with van der Waals surface area (Å²) in [4.78, 5) is 12.8. The van der Waals surface area contributed by atoms with Crippen molar-refractivity contribution in [2.45, 2.75) is 19.9 Å². The molecule has 1 amide bonds. The first-order valence-corrected chi connectivity index (χ1v) is 15.7. The second-order valence-electron chi connectivity index (χ2n) is 8.14. The first-order chi connectivity index (χ1) is 17.3. The zero-order valence-electron chi connectivity index (χ0n) is 19.3. The number of ether oxygens (including phenoxy) is 1. The predicted octanol–water partition coefficient (Wildman–Crippen LogP) is 2.69. The fourth-order valence-corrected chi connectivity index (χ4v) is 6.70. The molecule has 37 heavy (non-hydrogen) atoms. The molecule has 0 bridgehead atoms. The minimum absolute atomic E-state index is 0.00812. The number of amides is 1. The Labute approximate surface area is 225 Å². The Morgan fingerprint density at radius 3 is 2.68 bits per heavy atom. The summed E-state index contributed by atoms with van der Waals surface area (Å²) >= 11 is 4.78. The number of rotatable bonds is 9. The number of fused-ring (bicyclic) bond motifs is 2. The molecule has 4 rings (SSSR count). The lowest BCUT2D eigenvalue weighted by molar-refractivity contribution is -0.664. The molecule has 10 nitrogen and oxygen atoms in total. The Bertz CT molecular complexity index is 1620. The number of halogens is 2. The van der Waals surface area contributed by atoms with Crippen molar-refractivity contribution < 1.29 is 39.9 Å². The number of benzene rings is 2. The van der Waals surface area contributed by atoms with Gasteiger partial charge < -0.3 is 14.2 Å². The molecule has 1 aliphatic rings. The van der Waals surface area contributed by atoms with Crippen LogP contribution in [0, 0.1) is 5.82 Å². The number of carbonyl (C=O) groups is 1. The number of thiazole rings is 1. The van der Waals surface area contributed by atoms with Crippen LogP contribution in [0.15, 0.2) is 46.8 Å². The average Bonchev–Trinajstić information content (AvgIpc) is 3.27. The van der Waals surface area contributed by atoms with Crippen molar-refractivity contribution in [3.05, 3.63) is 57.6 Å². The van der Waals surface area contributed by atoms with Gasteiger partial charge in [0.05, 0.1) is 21.9 Å².